The lowest BCUT2D eigenvalue weighted by Crippen LogP contribution is -2.43. The molecule has 2 aromatic carbocycles. The summed E-state index contributed by atoms with van der Waals surface area (Å²) in [6.45, 7) is 2.00. The molecule has 3 N–H and O–H groups in total. The second kappa shape index (κ2) is 10.0. The third-order valence-corrected chi connectivity index (χ3v) is 5.94. The van der Waals surface area contributed by atoms with Gasteiger partial charge in [-0.1, -0.05) is 48.8 Å². The van der Waals surface area contributed by atoms with Gasteiger partial charge >= 0.3 is 6.18 Å². The van der Waals surface area contributed by atoms with E-state index in [4.69, 9.17) is 17.3 Å². The van der Waals surface area contributed by atoms with E-state index in [2.05, 4.69) is 0 Å². The van der Waals surface area contributed by atoms with E-state index >= 15 is 0 Å². The zero-order valence-electron chi connectivity index (χ0n) is 15.7. The van der Waals surface area contributed by atoms with E-state index in [1.165, 1.54) is 17.8 Å². The molecule has 0 spiro atoms. The number of rotatable bonds is 9. The average Bonchev–Trinajstić information content (AvgIpc) is 2.63. The number of aliphatic hydroxyl groups is 1. The highest BCUT2D eigenvalue weighted by Crippen LogP contribution is 2.35. The second-order valence-electron chi connectivity index (χ2n) is 7.00. The number of nitrogens with two attached hydrogens (primary N) is 1. The van der Waals surface area contributed by atoms with Crippen LogP contribution in [0.2, 0.25) is 5.02 Å². The molecule has 0 heterocycles. The van der Waals surface area contributed by atoms with Gasteiger partial charge in [-0.15, -0.1) is 0 Å². The summed E-state index contributed by atoms with van der Waals surface area (Å²) in [5.74, 6) is 0. The van der Waals surface area contributed by atoms with Crippen molar-refractivity contribution in [2.75, 3.05) is 6.61 Å². The molecule has 154 valence electrons. The summed E-state index contributed by atoms with van der Waals surface area (Å²) in [5.41, 5.74) is 5.94. The molecule has 1 atom stereocenters. The van der Waals surface area contributed by atoms with E-state index in [9.17, 15) is 18.3 Å². The quantitative estimate of drug-likeness (QED) is 0.488. The molecule has 0 aliphatic heterocycles. The van der Waals surface area contributed by atoms with Crippen LogP contribution in [-0.2, 0) is 12.6 Å². The van der Waals surface area contributed by atoms with Crippen molar-refractivity contribution in [2.45, 2.75) is 60.5 Å². The number of aryl methyl sites for hydroxylation is 1. The lowest BCUT2D eigenvalue weighted by atomic mass is 9.89. The molecule has 0 unspecified atom stereocenters. The van der Waals surface area contributed by atoms with Gasteiger partial charge in [-0.05, 0) is 61.6 Å². The minimum absolute atomic E-state index is 0.0405. The lowest BCUT2D eigenvalue weighted by Gasteiger charge is -2.26. The SMILES string of the molecule is CCC[C@](N)(CO)CCCc1ccc(Sc2cccc(C(F)(F)F)c2)cc1Cl. The van der Waals surface area contributed by atoms with Crippen molar-refractivity contribution in [2.24, 2.45) is 5.73 Å². The molecule has 2 nitrogen and oxygen atoms in total. The monoisotopic (exact) mass is 431 g/mol. The second-order valence-corrected chi connectivity index (χ2v) is 8.56. The fourth-order valence-electron chi connectivity index (χ4n) is 3.08. The number of halogens is 4. The van der Waals surface area contributed by atoms with Gasteiger partial charge in [0, 0.05) is 20.4 Å². The number of alkyl halides is 3. The number of aliphatic hydroxyl groups excluding tert-OH is 1. The van der Waals surface area contributed by atoms with Crippen molar-refractivity contribution < 1.29 is 18.3 Å². The molecule has 28 heavy (non-hydrogen) atoms. The molecule has 2 aromatic rings. The van der Waals surface area contributed by atoms with Crippen LogP contribution >= 0.6 is 23.4 Å². The van der Waals surface area contributed by atoms with Crippen LogP contribution in [0.5, 0.6) is 0 Å². The van der Waals surface area contributed by atoms with Gasteiger partial charge in [0.25, 0.3) is 0 Å². The van der Waals surface area contributed by atoms with E-state index < -0.39 is 17.3 Å². The first-order chi connectivity index (χ1) is 13.2. The summed E-state index contributed by atoms with van der Waals surface area (Å²) in [4.78, 5) is 1.29. The average molecular weight is 432 g/mol. The highest BCUT2D eigenvalue weighted by Gasteiger charge is 2.30. The van der Waals surface area contributed by atoms with Gasteiger partial charge in [0.05, 0.1) is 12.2 Å². The first-order valence-electron chi connectivity index (χ1n) is 9.20. The standard InChI is InChI=1S/C21H25ClF3NOS/c1-2-10-20(26,14-27)11-4-5-15-8-9-18(13-19(15)22)28-17-7-3-6-16(12-17)21(23,24)25/h3,6-9,12-13,27H,2,4-5,10-11,14,26H2,1H3/t20-/m1/s1. The van der Waals surface area contributed by atoms with Gasteiger partial charge in [-0.3, -0.25) is 0 Å². The fraction of sp³-hybridized carbons (Fsp3) is 0.429. The van der Waals surface area contributed by atoms with E-state index in [1.54, 1.807) is 12.1 Å². The Morgan fingerprint density at radius 1 is 1.07 bits per heavy atom. The van der Waals surface area contributed by atoms with Crippen LogP contribution in [0, 0.1) is 0 Å². The maximum atomic E-state index is 12.8. The Bertz CT molecular complexity index is 784. The Morgan fingerprint density at radius 3 is 2.39 bits per heavy atom. The molecule has 0 saturated carbocycles. The maximum absolute atomic E-state index is 12.8. The largest absolute Gasteiger partial charge is 0.416 e. The van der Waals surface area contributed by atoms with Crippen molar-refractivity contribution in [3.8, 4) is 0 Å². The third kappa shape index (κ3) is 6.69. The van der Waals surface area contributed by atoms with Gasteiger partial charge in [0.1, 0.15) is 0 Å². The summed E-state index contributed by atoms with van der Waals surface area (Å²) < 4.78 is 38.5. The molecule has 0 aliphatic carbocycles. The van der Waals surface area contributed by atoms with Crippen molar-refractivity contribution >= 4 is 23.4 Å². The molecule has 0 radical (unpaired) electrons. The summed E-state index contributed by atoms with van der Waals surface area (Å²) in [6, 6.07) is 10.8. The predicted octanol–water partition coefficient (Wildman–Crippen LogP) is 6.32. The number of hydrogen-bond donors (Lipinski definition) is 2. The van der Waals surface area contributed by atoms with E-state index in [-0.39, 0.29) is 6.61 Å². The minimum Gasteiger partial charge on any atom is -0.394 e. The molecule has 7 heteroatoms. The first-order valence-corrected chi connectivity index (χ1v) is 10.4. The van der Waals surface area contributed by atoms with E-state index in [1.807, 2.05) is 19.1 Å². The van der Waals surface area contributed by atoms with Crippen molar-refractivity contribution in [1.82, 2.24) is 0 Å². The summed E-state index contributed by atoms with van der Waals surface area (Å²) in [7, 11) is 0. The lowest BCUT2D eigenvalue weighted by molar-refractivity contribution is -0.137. The van der Waals surface area contributed by atoms with Gasteiger partial charge in [0.2, 0.25) is 0 Å². The third-order valence-electron chi connectivity index (χ3n) is 4.61. The summed E-state index contributed by atoms with van der Waals surface area (Å²) in [6.07, 6.45) is -0.437. The first kappa shape index (κ1) is 23.1. The highest BCUT2D eigenvalue weighted by atomic mass is 35.5. The van der Waals surface area contributed by atoms with Gasteiger partial charge in [-0.2, -0.15) is 13.2 Å². The minimum atomic E-state index is -4.36. The van der Waals surface area contributed by atoms with Crippen LogP contribution in [0.15, 0.2) is 52.3 Å². The zero-order valence-corrected chi connectivity index (χ0v) is 17.3. The number of benzene rings is 2. The zero-order chi connectivity index (χ0) is 20.8. The molecule has 0 aromatic heterocycles. The van der Waals surface area contributed by atoms with Crippen LogP contribution in [0.4, 0.5) is 13.2 Å². The van der Waals surface area contributed by atoms with Crippen LogP contribution in [-0.4, -0.2) is 17.3 Å². The fourth-order valence-corrected chi connectivity index (χ4v) is 4.34. The van der Waals surface area contributed by atoms with Gasteiger partial charge < -0.3 is 10.8 Å². The normalized spacial score (nSPS) is 14.1. The highest BCUT2D eigenvalue weighted by molar-refractivity contribution is 7.99. The smallest absolute Gasteiger partial charge is 0.394 e. The Balaban J connectivity index is 2.01. The van der Waals surface area contributed by atoms with E-state index in [0.29, 0.717) is 16.3 Å². The van der Waals surface area contributed by atoms with Crippen molar-refractivity contribution in [1.29, 1.82) is 0 Å². The van der Waals surface area contributed by atoms with E-state index in [0.717, 1.165) is 48.3 Å². The van der Waals surface area contributed by atoms with Crippen LogP contribution in [0.3, 0.4) is 0 Å². The Morgan fingerprint density at radius 2 is 1.79 bits per heavy atom. The Hall–Kier alpha value is -1.21. The van der Waals surface area contributed by atoms with Crippen LogP contribution in [0.1, 0.15) is 43.7 Å². The van der Waals surface area contributed by atoms with Crippen molar-refractivity contribution in [3.05, 3.63) is 58.6 Å². The van der Waals surface area contributed by atoms with Crippen molar-refractivity contribution in [3.63, 3.8) is 0 Å². The summed E-state index contributed by atoms with van der Waals surface area (Å²) in [5, 5.41) is 10.1. The van der Waals surface area contributed by atoms with Crippen LogP contribution < -0.4 is 5.73 Å². The molecule has 0 saturated heterocycles. The molecule has 0 aliphatic rings. The molecule has 0 amide bonds. The molecule has 0 fully saturated rings. The topological polar surface area (TPSA) is 46.2 Å². The molecular weight excluding hydrogens is 407 g/mol. The maximum Gasteiger partial charge on any atom is 0.416 e. The van der Waals surface area contributed by atoms with Gasteiger partial charge in [-0.25, -0.2) is 0 Å². The predicted molar refractivity (Wildman–Crippen MR) is 109 cm³/mol. The molecular formula is C21H25ClF3NOS. The number of hydrogen-bond acceptors (Lipinski definition) is 3. The van der Waals surface area contributed by atoms with Crippen LogP contribution in [0.25, 0.3) is 0 Å². The Kier molecular flexibility index (Phi) is 8.25. The molecule has 2 rings (SSSR count). The summed E-state index contributed by atoms with van der Waals surface area (Å²) >= 11 is 7.61. The van der Waals surface area contributed by atoms with Gasteiger partial charge in [0.15, 0.2) is 0 Å². The molecule has 0 bridgehead atoms. The Labute approximate surface area is 173 Å².